The molecule has 6 aromatic rings. The molecular weight excluding hydrogens is 868 g/mol. The van der Waals surface area contributed by atoms with Crippen LogP contribution in [0.4, 0.5) is 19.0 Å². The van der Waals surface area contributed by atoms with Gasteiger partial charge in [-0.3, -0.25) is 14.7 Å². The highest BCUT2D eigenvalue weighted by molar-refractivity contribution is 6.99. The number of benzene rings is 4. The number of alkyl halides is 1. The Morgan fingerprint density at radius 3 is 2.38 bits per heavy atom. The fourth-order valence-corrected chi connectivity index (χ4v) is 14.6. The molecule has 2 saturated heterocycles. The second kappa shape index (κ2) is 19.7. The van der Waals surface area contributed by atoms with Gasteiger partial charge in [0.15, 0.2) is 12.6 Å². The lowest BCUT2D eigenvalue weighted by Crippen LogP contribution is -2.67. The summed E-state index contributed by atoms with van der Waals surface area (Å²) in [6.45, 7) is 7.33. The first-order valence-corrected chi connectivity index (χ1v) is 24.3. The van der Waals surface area contributed by atoms with Crippen molar-refractivity contribution in [1.82, 2.24) is 19.9 Å². The van der Waals surface area contributed by atoms with E-state index in [4.69, 9.17) is 23.6 Å². The molecule has 8 rings (SSSR count). The van der Waals surface area contributed by atoms with Crippen molar-refractivity contribution in [2.45, 2.75) is 69.6 Å². The zero-order valence-electron chi connectivity index (χ0n) is 37.7. The first-order chi connectivity index (χ1) is 31.8. The maximum absolute atomic E-state index is 17.7. The van der Waals surface area contributed by atoms with E-state index in [0.29, 0.717) is 29.5 Å². The molecule has 2 atom stereocenters. The molecule has 4 aromatic carbocycles. The van der Waals surface area contributed by atoms with Crippen LogP contribution < -0.4 is 24.7 Å². The molecule has 12 nitrogen and oxygen atoms in total. The fraction of sp³-hybridized carbons (Fsp3) is 0.400. The average Bonchev–Trinajstić information content (AvgIpc) is 3.84. The number of anilines is 1. The number of aliphatic carboxylic acids is 1. The van der Waals surface area contributed by atoms with Crippen molar-refractivity contribution in [2.24, 2.45) is 0 Å². The Kier molecular flexibility index (Phi) is 14.0. The smallest absolute Gasteiger partial charge is 0.319 e. The second-order valence-corrected chi connectivity index (χ2v) is 22.4. The second-order valence-electron chi connectivity index (χ2n) is 18.1. The van der Waals surface area contributed by atoms with Crippen LogP contribution in [0.15, 0.2) is 91.1 Å². The Morgan fingerprint density at radius 1 is 0.985 bits per heavy atom. The predicted molar refractivity (Wildman–Crippen MR) is 250 cm³/mol. The van der Waals surface area contributed by atoms with Crippen LogP contribution in [0.2, 0.25) is 5.04 Å². The van der Waals surface area contributed by atoms with Crippen LogP contribution >= 0.6 is 0 Å². The highest BCUT2D eigenvalue weighted by Gasteiger charge is 2.51. The number of carboxylic acids is 1. The number of aliphatic hydroxyl groups excluding tert-OH is 1. The molecule has 16 heteroatoms. The van der Waals surface area contributed by atoms with Gasteiger partial charge in [0.1, 0.15) is 41.4 Å². The topological polar surface area (TPSA) is 140 Å². The van der Waals surface area contributed by atoms with Crippen molar-refractivity contribution in [3.05, 3.63) is 108 Å². The van der Waals surface area contributed by atoms with Gasteiger partial charge in [-0.1, -0.05) is 87.5 Å². The lowest BCUT2D eigenvalue weighted by atomic mass is 9.94. The van der Waals surface area contributed by atoms with Crippen LogP contribution in [0.5, 0.6) is 11.8 Å². The lowest BCUT2D eigenvalue weighted by molar-refractivity contribution is -0.136. The predicted octanol–water partition coefficient (Wildman–Crippen LogP) is 7.45. The molecule has 0 amide bonds. The normalized spacial score (nSPS) is 17.7. The number of hydrogen-bond donors (Lipinski definition) is 2. The Labute approximate surface area is 383 Å². The van der Waals surface area contributed by atoms with Gasteiger partial charge in [0.05, 0.1) is 24.0 Å². The molecule has 0 bridgehead atoms. The van der Waals surface area contributed by atoms with Crippen molar-refractivity contribution >= 4 is 52.2 Å². The largest absolute Gasteiger partial charge is 0.481 e. The molecule has 2 aromatic heterocycles. The molecule has 2 fully saturated rings. The zero-order valence-corrected chi connectivity index (χ0v) is 38.7. The van der Waals surface area contributed by atoms with Crippen molar-refractivity contribution in [3.63, 3.8) is 0 Å². The summed E-state index contributed by atoms with van der Waals surface area (Å²) in [7, 11) is -1.58. The molecule has 66 heavy (non-hydrogen) atoms. The fourth-order valence-electron chi connectivity index (χ4n) is 10.0. The molecule has 0 unspecified atom stereocenters. The van der Waals surface area contributed by atoms with Gasteiger partial charge in [0, 0.05) is 51.5 Å². The number of rotatable bonds is 19. The summed E-state index contributed by atoms with van der Waals surface area (Å²) in [6, 6.07) is 26.1. The standard InChI is InChI=1S/C50H56F3N5O7Si/c1-49(2,3)66(36-12-7-5-8-13-36,37-14-9-6-10-15-37)65-25-23-57(22-18-42(60)61)47-40-29-54-45(39-27-35(64-32-62-4)26-33-16-17-41(52)38(19-24-59)43(33)39)44(53)46(40)55-48(56-47)63-31-50-20-11-21-58(50)30-34(51)28-50/h5-10,12-17,26-27,29,34,59H,11,18-25,28,30-32H2,1-4H3,(H,60,61)/t34-,50+/m1/s1. The number of ether oxygens (including phenoxy) is 3. The van der Waals surface area contributed by atoms with E-state index in [1.54, 1.807) is 23.1 Å². The summed E-state index contributed by atoms with van der Waals surface area (Å²) in [5.74, 6) is -2.03. The van der Waals surface area contributed by atoms with E-state index in [-0.39, 0.29) is 104 Å². The van der Waals surface area contributed by atoms with Gasteiger partial charge >= 0.3 is 12.0 Å². The first-order valence-electron chi connectivity index (χ1n) is 22.4. The lowest BCUT2D eigenvalue weighted by Gasteiger charge is -2.43. The van der Waals surface area contributed by atoms with Crippen molar-refractivity contribution in [2.75, 3.05) is 64.8 Å². The Hall–Kier alpha value is -5.65. The van der Waals surface area contributed by atoms with Gasteiger partial charge in [-0.05, 0) is 75.8 Å². The Bertz CT molecular complexity index is 2640. The third kappa shape index (κ3) is 9.21. The molecule has 0 radical (unpaired) electrons. The van der Waals surface area contributed by atoms with Gasteiger partial charge < -0.3 is 33.7 Å². The van der Waals surface area contributed by atoms with E-state index >= 15 is 8.78 Å². The summed E-state index contributed by atoms with van der Waals surface area (Å²) in [5.41, 5.74) is -0.590. The quantitative estimate of drug-likeness (QED) is 0.0616. The SMILES string of the molecule is COCOc1cc(-c2ncc3c(N(CCO[Si](c4ccccc4)(c4ccccc4)C(C)(C)C)CCC(=O)O)nc(OC[C@@]45CCCN4C[C@H](F)C5)nc3c2F)c2c(CCO)c(F)ccc2c1. The van der Waals surface area contributed by atoms with Gasteiger partial charge in [-0.15, -0.1) is 0 Å². The van der Waals surface area contributed by atoms with Crippen molar-refractivity contribution in [1.29, 1.82) is 0 Å². The van der Waals surface area contributed by atoms with E-state index < -0.39 is 37.6 Å². The number of aromatic nitrogens is 3. The summed E-state index contributed by atoms with van der Waals surface area (Å²) in [5, 5.41) is 22.8. The minimum absolute atomic E-state index is 0.0388. The van der Waals surface area contributed by atoms with E-state index in [9.17, 15) is 19.4 Å². The number of hydrogen-bond acceptors (Lipinski definition) is 11. The third-order valence-corrected chi connectivity index (χ3v) is 18.0. The minimum Gasteiger partial charge on any atom is -0.481 e. The number of fused-ring (bicyclic) bond motifs is 3. The summed E-state index contributed by atoms with van der Waals surface area (Å²) in [6.07, 6.45) is 1.92. The Balaban J connectivity index is 1.27. The maximum Gasteiger partial charge on any atom is 0.319 e. The number of aliphatic hydroxyl groups is 1. The van der Waals surface area contributed by atoms with Gasteiger partial charge in [0.2, 0.25) is 0 Å². The molecule has 0 aliphatic carbocycles. The molecule has 0 spiro atoms. The number of carbonyl (C=O) groups is 1. The molecule has 4 heterocycles. The first kappa shape index (κ1) is 46.9. The number of carboxylic acid groups (broad SMARTS) is 1. The van der Waals surface area contributed by atoms with Crippen LogP contribution in [0, 0.1) is 11.6 Å². The Morgan fingerprint density at radius 2 is 1.71 bits per heavy atom. The van der Waals surface area contributed by atoms with Crippen LogP contribution in [0.3, 0.4) is 0 Å². The van der Waals surface area contributed by atoms with Crippen molar-refractivity contribution < 1.29 is 46.8 Å². The number of halogens is 3. The third-order valence-electron chi connectivity index (χ3n) is 13.0. The zero-order chi connectivity index (χ0) is 46.6. The van der Waals surface area contributed by atoms with Crippen molar-refractivity contribution in [3.8, 4) is 23.0 Å². The average molecular weight is 924 g/mol. The van der Waals surface area contributed by atoms with E-state index in [2.05, 4.69) is 59.9 Å². The van der Waals surface area contributed by atoms with E-state index in [1.807, 2.05) is 36.4 Å². The van der Waals surface area contributed by atoms with Gasteiger partial charge in [-0.2, -0.15) is 9.97 Å². The molecule has 2 aliphatic rings. The van der Waals surface area contributed by atoms with Crippen LogP contribution in [-0.4, -0.2) is 116 Å². The monoisotopic (exact) mass is 923 g/mol. The summed E-state index contributed by atoms with van der Waals surface area (Å²) in [4.78, 5) is 30.3. The van der Waals surface area contributed by atoms with E-state index in [0.717, 1.165) is 23.3 Å². The van der Waals surface area contributed by atoms with Crippen LogP contribution in [0.25, 0.3) is 32.9 Å². The summed E-state index contributed by atoms with van der Waals surface area (Å²) >= 11 is 0. The summed E-state index contributed by atoms with van der Waals surface area (Å²) < 4.78 is 72.8. The molecule has 2 N–H and O–H groups in total. The van der Waals surface area contributed by atoms with E-state index in [1.165, 1.54) is 19.4 Å². The van der Waals surface area contributed by atoms with Crippen LogP contribution in [-0.2, 0) is 20.4 Å². The number of nitrogens with zero attached hydrogens (tertiary/aromatic N) is 5. The maximum atomic E-state index is 17.7. The number of methoxy groups -OCH3 is 1. The minimum atomic E-state index is -3.05. The molecule has 0 saturated carbocycles. The molecular formula is C50H56F3N5O7Si. The molecule has 2 aliphatic heterocycles. The highest BCUT2D eigenvalue weighted by atomic mass is 28.4. The molecule has 348 valence electrons. The number of pyridine rings is 1. The van der Waals surface area contributed by atoms with Gasteiger partial charge in [0.25, 0.3) is 8.32 Å². The van der Waals surface area contributed by atoms with Crippen LogP contribution in [0.1, 0.15) is 52.0 Å². The highest BCUT2D eigenvalue weighted by Crippen LogP contribution is 2.43. The van der Waals surface area contributed by atoms with Gasteiger partial charge in [-0.25, -0.2) is 13.2 Å².